The lowest BCUT2D eigenvalue weighted by Gasteiger charge is -2.12. The van der Waals surface area contributed by atoms with Gasteiger partial charge in [-0.3, -0.25) is 4.79 Å². The molecule has 0 fully saturated rings. The van der Waals surface area contributed by atoms with Crippen molar-refractivity contribution < 1.29 is 14.4 Å². The van der Waals surface area contributed by atoms with Crippen molar-refractivity contribution in [1.29, 1.82) is 0 Å². The highest BCUT2D eigenvalue weighted by Gasteiger charge is 2.05. The highest BCUT2D eigenvalue weighted by atomic mass is 16.6. The minimum Gasteiger partial charge on any atom is -0.466 e. The third-order valence-corrected chi connectivity index (χ3v) is 1.33. The Bertz CT molecular complexity index is 221. The van der Waals surface area contributed by atoms with E-state index in [0.29, 0.717) is 6.61 Å². The van der Waals surface area contributed by atoms with Crippen LogP contribution in [0, 0.1) is 0 Å². The molecule has 0 spiro atoms. The summed E-state index contributed by atoms with van der Waals surface area (Å²) in [5.74, 6) is 9.81. The molecule has 15 heavy (non-hydrogen) atoms. The van der Waals surface area contributed by atoms with Crippen LogP contribution in [0.5, 0.6) is 0 Å². The zero-order chi connectivity index (χ0) is 11.7. The largest absolute Gasteiger partial charge is 0.466 e. The lowest BCUT2D eigenvalue weighted by Crippen LogP contribution is -2.33. The van der Waals surface area contributed by atoms with Gasteiger partial charge in [0, 0.05) is 0 Å². The van der Waals surface area contributed by atoms with Crippen LogP contribution in [0.2, 0.25) is 0 Å². The van der Waals surface area contributed by atoms with Crippen molar-refractivity contribution in [3.05, 3.63) is 0 Å². The minimum absolute atomic E-state index is 0.0768. The molecular formula is C7H17N5O3. The lowest BCUT2D eigenvalue weighted by molar-refractivity contribution is -0.141. The molecule has 0 aliphatic carbocycles. The molecule has 0 aliphatic rings. The first kappa shape index (κ1) is 13.6. The molecule has 0 aliphatic heterocycles. The average Bonchev–Trinajstić information content (AvgIpc) is 2.14. The summed E-state index contributed by atoms with van der Waals surface area (Å²) < 4.78 is 4.67. The number of hydrogen-bond donors (Lipinski definition) is 3. The Morgan fingerprint density at radius 1 is 1.53 bits per heavy atom. The van der Waals surface area contributed by atoms with E-state index >= 15 is 0 Å². The van der Waals surface area contributed by atoms with E-state index in [2.05, 4.69) is 14.7 Å². The Balaban J connectivity index is 3.90. The predicted molar refractivity (Wildman–Crippen MR) is 53.9 cm³/mol. The molecule has 0 bridgehead atoms. The Morgan fingerprint density at radius 3 is 2.73 bits per heavy atom. The second-order valence-corrected chi connectivity index (χ2v) is 2.61. The molecule has 0 rings (SSSR count). The fraction of sp³-hybridized carbons (Fsp3) is 0.714. The van der Waals surface area contributed by atoms with Crippen LogP contribution in [0.25, 0.3) is 0 Å². The van der Waals surface area contributed by atoms with Gasteiger partial charge in [-0.15, -0.1) is 5.10 Å². The normalized spacial score (nSPS) is 11.3. The Hall–Kier alpha value is -1.38. The summed E-state index contributed by atoms with van der Waals surface area (Å²) in [6, 6.07) is 0. The number of rotatable bonds is 7. The third kappa shape index (κ3) is 7.67. The maximum Gasteiger partial charge on any atom is 0.313 e. The predicted octanol–water partition coefficient (Wildman–Crippen LogP) is -1.72. The summed E-state index contributed by atoms with van der Waals surface area (Å²) in [5, 5.41) is 4.75. The van der Waals surface area contributed by atoms with Crippen LogP contribution in [-0.2, 0) is 14.4 Å². The quantitative estimate of drug-likeness (QED) is 0.153. The Morgan fingerprint density at radius 2 is 2.20 bits per heavy atom. The molecular weight excluding hydrogens is 202 g/mol. The van der Waals surface area contributed by atoms with Gasteiger partial charge in [-0.2, -0.15) is 0 Å². The molecule has 0 aromatic carbocycles. The van der Waals surface area contributed by atoms with Crippen molar-refractivity contribution in [3.8, 4) is 0 Å². The van der Waals surface area contributed by atoms with Crippen LogP contribution < -0.4 is 17.5 Å². The van der Waals surface area contributed by atoms with E-state index in [0.717, 1.165) is 5.12 Å². The molecule has 0 aromatic heterocycles. The third-order valence-electron chi connectivity index (χ3n) is 1.33. The van der Waals surface area contributed by atoms with E-state index in [9.17, 15) is 4.79 Å². The van der Waals surface area contributed by atoms with Crippen LogP contribution in [0.15, 0.2) is 5.10 Å². The van der Waals surface area contributed by atoms with E-state index in [1.54, 1.807) is 6.92 Å². The summed E-state index contributed by atoms with van der Waals surface area (Å²) in [4.78, 5) is 15.3. The number of carbonyl (C=O) groups is 1. The van der Waals surface area contributed by atoms with Gasteiger partial charge in [-0.25, -0.2) is 16.9 Å². The second-order valence-electron chi connectivity index (χ2n) is 2.61. The topological polar surface area (TPSA) is 129 Å². The molecule has 0 radical (unpaired) electrons. The van der Waals surface area contributed by atoms with Crippen LogP contribution in [-0.4, -0.2) is 36.7 Å². The number of ether oxygens (including phenoxy) is 1. The summed E-state index contributed by atoms with van der Waals surface area (Å²) in [5.41, 5.74) is 5.43. The Kier molecular flexibility index (Phi) is 7.24. The van der Waals surface area contributed by atoms with E-state index in [-0.39, 0.29) is 25.4 Å². The van der Waals surface area contributed by atoms with Crippen molar-refractivity contribution in [1.82, 2.24) is 5.12 Å². The first-order valence-corrected chi connectivity index (χ1v) is 4.42. The van der Waals surface area contributed by atoms with Gasteiger partial charge in [-0.05, 0) is 6.92 Å². The number of hydrogen-bond acceptors (Lipinski definition) is 7. The molecule has 0 atom stereocenters. The smallest absolute Gasteiger partial charge is 0.313 e. The molecule has 0 heterocycles. The molecule has 8 nitrogen and oxygen atoms in total. The van der Waals surface area contributed by atoms with Crippen molar-refractivity contribution >= 4 is 11.8 Å². The summed E-state index contributed by atoms with van der Waals surface area (Å²) in [7, 11) is 0. The van der Waals surface area contributed by atoms with Gasteiger partial charge in [0.15, 0.2) is 0 Å². The van der Waals surface area contributed by atoms with Crippen molar-refractivity contribution in [3.63, 3.8) is 0 Å². The molecule has 88 valence electrons. The minimum atomic E-state index is -0.442. The van der Waals surface area contributed by atoms with Gasteiger partial charge < -0.3 is 15.3 Å². The number of esters is 1. The van der Waals surface area contributed by atoms with E-state index < -0.39 is 5.97 Å². The number of nitrogens with two attached hydrogens (primary N) is 3. The van der Waals surface area contributed by atoms with Gasteiger partial charge in [0.1, 0.15) is 12.3 Å². The molecule has 0 saturated heterocycles. The van der Waals surface area contributed by atoms with Gasteiger partial charge in [0.05, 0.1) is 19.8 Å². The number of hydrazone groups is 1. The summed E-state index contributed by atoms with van der Waals surface area (Å²) >= 11 is 0. The molecule has 0 saturated carbocycles. The Labute approximate surface area is 87.9 Å². The van der Waals surface area contributed by atoms with Crippen molar-refractivity contribution in [2.75, 3.05) is 19.8 Å². The van der Waals surface area contributed by atoms with E-state index in [1.165, 1.54) is 0 Å². The van der Waals surface area contributed by atoms with Crippen molar-refractivity contribution in [2.45, 2.75) is 13.3 Å². The highest BCUT2D eigenvalue weighted by Crippen LogP contribution is 1.88. The van der Waals surface area contributed by atoms with E-state index in [1.807, 2.05) is 0 Å². The average molecular weight is 219 g/mol. The molecule has 0 aromatic rings. The fourth-order valence-electron chi connectivity index (χ4n) is 0.756. The van der Waals surface area contributed by atoms with Gasteiger partial charge in [0.25, 0.3) is 0 Å². The fourth-order valence-corrected chi connectivity index (χ4v) is 0.756. The van der Waals surface area contributed by atoms with Crippen LogP contribution in [0.4, 0.5) is 0 Å². The molecule has 0 amide bonds. The van der Waals surface area contributed by atoms with Crippen molar-refractivity contribution in [2.24, 2.45) is 22.6 Å². The van der Waals surface area contributed by atoms with Gasteiger partial charge >= 0.3 is 5.97 Å². The zero-order valence-corrected chi connectivity index (χ0v) is 8.68. The number of nitrogens with zero attached hydrogens (tertiary/aromatic N) is 2. The monoisotopic (exact) mass is 219 g/mol. The zero-order valence-electron chi connectivity index (χ0n) is 8.68. The summed E-state index contributed by atoms with van der Waals surface area (Å²) in [6.45, 7) is 2.51. The van der Waals surface area contributed by atoms with E-state index in [4.69, 9.17) is 17.5 Å². The maximum atomic E-state index is 11.0. The molecule has 8 heteroatoms. The number of carbonyl (C=O) groups excluding carboxylic acids is 1. The maximum absolute atomic E-state index is 11.0. The molecule has 0 unspecified atom stereocenters. The van der Waals surface area contributed by atoms with Crippen LogP contribution >= 0.6 is 0 Å². The summed E-state index contributed by atoms with van der Waals surface area (Å²) in [6.07, 6.45) is -0.0922. The molecule has 6 N–H and O–H groups in total. The van der Waals surface area contributed by atoms with Crippen LogP contribution in [0.1, 0.15) is 13.3 Å². The first-order chi connectivity index (χ1) is 7.10. The standard InChI is InChI=1S/C7H17N5O3/c1-2-14-7(13)5-6(8)11-12(9)3-4-15-10/h2-5,9-10H2,1H3,(H2,8,11). The number of amidine groups is 1. The second kappa shape index (κ2) is 7.97. The highest BCUT2D eigenvalue weighted by molar-refractivity contribution is 5.96. The van der Waals surface area contributed by atoms with Crippen LogP contribution in [0.3, 0.4) is 0 Å². The SMILES string of the molecule is CCOC(=O)C/C(N)=N/N(N)CCON. The van der Waals surface area contributed by atoms with Gasteiger partial charge in [-0.1, -0.05) is 0 Å². The van der Waals surface area contributed by atoms with Gasteiger partial charge in [0.2, 0.25) is 0 Å². The first-order valence-electron chi connectivity index (χ1n) is 4.42. The lowest BCUT2D eigenvalue weighted by atomic mass is 10.4. The number of hydrazine groups is 1.